The van der Waals surface area contributed by atoms with Gasteiger partial charge in [0.05, 0.1) is 0 Å². The highest BCUT2D eigenvalue weighted by Gasteiger charge is 2.25. The molecule has 2 fully saturated rings. The second-order valence-corrected chi connectivity index (χ2v) is 9.38. The van der Waals surface area contributed by atoms with Gasteiger partial charge in [-0.15, -0.1) is 0 Å². The Bertz CT molecular complexity index is 673. The maximum Gasteiger partial charge on any atom is 0.219 e. The van der Waals surface area contributed by atoms with Crippen LogP contribution >= 0.6 is 0 Å². The molecule has 1 N–H and O–H groups in total. The van der Waals surface area contributed by atoms with Crippen LogP contribution in [0.15, 0.2) is 18.2 Å². The van der Waals surface area contributed by atoms with Crippen LogP contribution in [0.4, 0.5) is 5.69 Å². The number of carbonyl (C=O) groups is 1. The average Bonchev–Trinajstić information content (AvgIpc) is 2.78. The van der Waals surface area contributed by atoms with Crippen molar-refractivity contribution in [3.63, 3.8) is 0 Å². The van der Waals surface area contributed by atoms with Gasteiger partial charge in [0, 0.05) is 44.3 Å². The van der Waals surface area contributed by atoms with Crippen LogP contribution in [0.1, 0.15) is 69.4 Å². The molecule has 1 saturated carbocycles. The molecule has 1 aromatic rings. The predicted molar refractivity (Wildman–Crippen MR) is 121 cm³/mol. The molecule has 4 rings (SSSR count). The fourth-order valence-corrected chi connectivity index (χ4v) is 5.56. The van der Waals surface area contributed by atoms with Gasteiger partial charge >= 0.3 is 0 Å². The number of aryl methyl sites for hydroxylation is 1. The van der Waals surface area contributed by atoms with E-state index in [1.165, 1.54) is 96.2 Å². The van der Waals surface area contributed by atoms with E-state index in [0.29, 0.717) is 12.5 Å². The fourth-order valence-electron chi connectivity index (χ4n) is 5.56. The number of nitrogens with one attached hydrogen (secondary N) is 1. The molecule has 1 heterocycles. The van der Waals surface area contributed by atoms with E-state index >= 15 is 0 Å². The van der Waals surface area contributed by atoms with E-state index in [1.807, 2.05) is 6.92 Å². The van der Waals surface area contributed by atoms with Gasteiger partial charge in [0.15, 0.2) is 0 Å². The Kier molecular flexibility index (Phi) is 7.12. The van der Waals surface area contributed by atoms with Crippen molar-refractivity contribution in [2.24, 2.45) is 5.92 Å². The number of hydrogen-bond acceptors (Lipinski definition) is 3. The third kappa shape index (κ3) is 5.33. The van der Waals surface area contributed by atoms with E-state index < -0.39 is 0 Å². The van der Waals surface area contributed by atoms with Crippen LogP contribution in [-0.2, 0) is 17.6 Å². The van der Waals surface area contributed by atoms with Crippen LogP contribution < -0.4 is 10.2 Å². The Morgan fingerprint density at radius 3 is 2.55 bits per heavy atom. The molecular formula is C25H39N3O. The second kappa shape index (κ2) is 9.97. The van der Waals surface area contributed by atoms with Crippen LogP contribution in [-0.4, -0.2) is 49.6 Å². The molecule has 1 saturated heterocycles. The lowest BCUT2D eigenvalue weighted by atomic mass is 9.84. The monoisotopic (exact) mass is 397 g/mol. The zero-order valence-electron chi connectivity index (χ0n) is 18.3. The van der Waals surface area contributed by atoms with Gasteiger partial charge in [0.25, 0.3) is 0 Å². The van der Waals surface area contributed by atoms with Gasteiger partial charge in [-0.2, -0.15) is 0 Å². The van der Waals surface area contributed by atoms with E-state index in [9.17, 15) is 4.79 Å². The van der Waals surface area contributed by atoms with Crippen molar-refractivity contribution >= 4 is 11.6 Å². The topological polar surface area (TPSA) is 35.6 Å². The van der Waals surface area contributed by atoms with E-state index in [-0.39, 0.29) is 5.91 Å². The van der Waals surface area contributed by atoms with Crippen LogP contribution in [0.2, 0.25) is 0 Å². The zero-order chi connectivity index (χ0) is 20.1. The smallest absolute Gasteiger partial charge is 0.219 e. The molecule has 0 radical (unpaired) electrons. The van der Waals surface area contributed by atoms with Crippen molar-refractivity contribution in [3.05, 3.63) is 29.3 Å². The number of carbonyl (C=O) groups excluding carboxylic acids is 1. The second-order valence-electron chi connectivity index (χ2n) is 9.38. The average molecular weight is 398 g/mol. The lowest BCUT2D eigenvalue weighted by molar-refractivity contribution is -0.121. The molecule has 4 nitrogen and oxygen atoms in total. The molecule has 0 spiro atoms. The molecule has 2 aliphatic carbocycles. The summed E-state index contributed by atoms with van der Waals surface area (Å²) >= 11 is 0. The maximum absolute atomic E-state index is 11.6. The Labute approximate surface area is 177 Å². The third-order valence-corrected chi connectivity index (χ3v) is 7.47. The minimum Gasteiger partial charge on any atom is -0.369 e. The van der Waals surface area contributed by atoms with Gasteiger partial charge in [-0.05, 0) is 87.4 Å². The molecule has 29 heavy (non-hydrogen) atoms. The Morgan fingerprint density at radius 2 is 1.79 bits per heavy atom. The Morgan fingerprint density at radius 1 is 1.03 bits per heavy atom. The normalized spacial score (nSPS) is 25.5. The molecule has 0 atom stereocenters. The summed E-state index contributed by atoms with van der Waals surface area (Å²) in [6.07, 6.45) is 12.1. The summed E-state index contributed by atoms with van der Waals surface area (Å²) in [4.78, 5) is 16.9. The molecule has 0 unspecified atom stereocenters. The third-order valence-electron chi connectivity index (χ3n) is 7.47. The Balaban J connectivity index is 1.19. The fraction of sp³-hybridized carbons (Fsp3) is 0.720. The maximum atomic E-state index is 11.6. The van der Waals surface area contributed by atoms with Gasteiger partial charge in [-0.3, -0.25) is 9.69 Å². The van der Waals surface area contributed by atoms with E-state index in [1.54, 1.807) is 11.1 Å². The summed E-state index contributed by atoms with van der Waals surface area (Å²) in [7, 11) is 0. The van der Waals surface area contributed by atoms with Crippen LogP contribution in [0, 0.1) is 5.92 Å². The summed E-state index contributed by atoms with van der Waals surface area (Å²) in [6, 6.07) is 7.40. The minimum absolute atomic E-state index is 0.214. The number of fused-ring (bicyclic) bond motifs is 1. The van der Waals surface area contributed by atoms with Crippen molar-refractivity contribution in [1.29, 1.82) is 0 Å². The zero-order valence-corrected chi connectivity index (χ0v) is 18.3. The molecule has 1 aromatic carbocycles. The van der Waals surface area contributed by atoms with E-state index in [4.69, 9.17) is 0 Å². The minimum atomic E-state index is 0.214. The molecule has 3 aliphatic rings. The highest BCUT2D eigenvalue weighted by Crippen LogP contribution is 2.31. The Hall–Kier alpha value is -1.55. The largest absolute Gasteiger partial charge is 0.369 e. The number of hydrogen-bond donors (Lipinski definition) is 1. The number of nitrogens with zero attached hydrogens (tertiary/aromatic N) is 2. The van der Waals surface area contributed by atoms with Gasteiger partial charge in [0.1, 0.15) is 0 Å². The lowest BCUT2D eigenvalue weighted by Crippen LogP contribution is -2.47. The molecule has 0 aromatic heterocycles. The molecule has 0 bridgehead atoms. The number of amides is 1. The van der Waals surface area contributed by atoms with Gasteiger partial charge in [0.2, 0.25) is 5.91 Å². The summed E-state index contributed by atoms with van der Waals surface area (Å²) in [6.45, 7) is 7.93. The van der Waals surface area contributed by atoms with Gasteiger partial charge < -0.3 is 10.2 Å². The van der Waals surface area contributed by atoms with Crippen molar-refractivity contribution in [2.75, 3.05) is 37.6 Å². The summed E-state index contributed by atoms with van der Waals surface area (Å²) in [5.41, 5.74) is 4.76. The first-order chi connectivity index (χ1) is 14.2. The number of benzene rings is 1. The van der Waals surface area contributed by atoms with Crippen LogP contribution in [0.5, 0.6) is 0 Å². The molecular weight excluding hydrogens is 358 g/mol. The first-order valence-electron chi connectivity index (χ1n) is 12.1. The molecule has 1 aliphatic heterocycles. The number of piperazine rings is 1. The van der Waals surface area contributed by atoms with Crippen molar-refractivity contribution in [3.8, 4) is 0 Å². The summed E-state index contributed by atoms with van der Waals surface area (Å²) in [5, 5.41) is 3.18. The van der Waals surface area contributed by atoms with E-state index in [2.05, 4.69) is 33.3 Å². The molecule has 160 valence electrons. The lowest BCUT2D eigenvalue weighted by Gasteiger charge is -2.38. The number of rotatable bonds is 6. The standard InChI is InChI=1S/C25H39N3O/c1-2-25(29)26-22-12-10-20(11-13-22)14-15-27-16-18-28(19-17-27)24-9-5-7-21-6-3-4-8-23(21)24/h5,7,9,20,22H,2-4,6,8,10-19H2,1H3,(H,26,29)/t20-,22-. The van der Waals surface area contributed by atoms with E-state index in [0.717, 1.165) is 5.92 Å². The van der Waals surface area contributed by atoms with Crippen molar-refractivity contribution in [2.45, 2.75) is 77.2 Å². The quantitative estimate of drug-likeness (QED) is 0.783. The van der Waals surface area contributed by atoms with Crippen LogP contribution in [0.25, 0.3) is 0 Å². The molecule has 1 amide bonds. The first kappa shape index (κ1) is 20.7. The predicted octanol–water partition coefficient (Wildman–Crippen LogP) is 4.16. The first-order valence-corrected chi connectivity index (χ1v) is 12.1. The van der Waals surface area contributed by atoms with Gasteiger partial charge in [-0.1, -0.05) is 19.1 Å². The van der Waals surface area contributed by atoms with Crippen LogP contribution in [0.3, 0.4) is 0 Å². The summed E-state index contributed by atoms with van der Waals surface area (Å²) < 4.78 is 0. The van der Waals surface area contributed by atoms with Crippen molar-refractivity contribution < 1.29 is 4.79 Å². The SMILES string of the molecule is CCC(=O)N[C@H]1CC[C@H](CCN2CCN(c3cccc4c3CCCC4)CC2)CC1. The highest BCUT2D eigenvalue weighted by molar-refractivity contribution is 5.75. The van der Waals surface area contributed by atoms with Crippen molar-refractivity contribution in [1.82, 2.24) is 10.2 Å². The molecule has 4 heteroatoms. The van der Waals surface area contributed by atoms with Gasteiger partial charge in [-0.25, -0.2) is 0 Å². The highest BCUT2D eigenvalue weighted by atomic mass is 16.1. The summed E-state index contributed by atoms with van der Waals surface area (Å²) in [5.74, 6) is 1.06. The number of anilines is 1.